The van der Waals surface area contributed by atoms with Crippen molar-refractivity contribution in [2.45, 2.75) is 6.42 Å². The molecule has 8 nitrogen and oxygen atoms in total. The average molecular weight is 410 g/mol. The van der Waals surface area contributed by atoms with Crippen LogP contribution in [-0.2, 0) is 0 Å². The van der Waals surface area contributed by atoms with E-state index in [1.54, 1.807) is 30.6 Å². The second-order valence-electron chi connectivity index (χ2n) is 7.05. The van der Waals surface area contributed by atoms with Crippen LogP contribution in [0.15, 0.2) is 53.3 Å². The van der Waals surface area contributed by atoms with Crippen molar-refractivity contribution in [3.8, 4) is 11.4 Å². The average Bonchev–Trinajstić information content (AvgIpc) is 3.29. The van der Waals surface area contributed by atoms with E-state index in [1.807, 2.05) is 12.1 Å². The topological polar surface area (TPSA) is 87.4 Å². The molecule has 0 bridgehead atoms. The molecule has 1 amide bonds. The zero-order valence-corrected chi connectivity index (χ0v) is 16.5. The van der Waals surface area contributed by atoms with Gasteiger partial charge < -0.3 is 14.7 Å². The van der Waals surface area contributed by atoms with Crippen LogP contribution in [0.3, 0.4) is 0 Å². The summed E-state index contributed by atoms with van der Waals surface area (Å²) >= 11 is 0. The van der Waals surface area contributed by atoms with Crippen LogP contribution < -0.4 is 10.2 Å². The number of anilines is 1. The predicted octanol–water partition coefficient (Wildman–Crippen LogP) is 2.21. The number of amides is 1. The van der Waals surface area contributed by atoms with E-state index in [0.29, 0.717) is 23.6 Å². The highest BCUT2D eigenvalue weighted by Gasteiger charge is 2.19. The van der Waals surface area contributed by atoms with Gasteiger partial charge in [0.05, 0.1) is 5.69 Å². The Balaban J connectivity index is 1.18. The number of piperazine rings is 1. The summed E-state index contributed by atoms with van der Waals surface area (Å²) in [5.41, 5.74) is 1.35. The lowest BCUT2D eigenvalue weighted by atomic mass is 10.2. The molecular weight excluding hydrogens is 387 g/mol. The monoisotopic (exact) mass is 410 g/mol. The van der Waals surface area contributed by atoms with E-state index in [0.717, 1.165) is 39.1 Å². The third-order valence-corrected chi connectivity index (χ3v) is 5.04. The molecule has 2 aromatic heterocycles. The molecule has 4 rings (SSSR count). The molecule has 156 valence electrons. The summed E-state index contributed by atoms with van der Waals surface area (Å²) in [5, 5.41) is 6.63. The third kappa shape index (κ3) is 4.80. The number of benzene rings is 1. The maximum Gasteiger partial charge on any atom is 0.316 e. The molecule has 1 fully saturated rings. The highest BCUT2D eigenvalue weighted by Crippen LogP contribution is 2.20. The van der Waals surface area contributed by atoms with Crippen LogP contribution >= 0.6 is 0 Å². The molecule has 9 heteroatoms. The second-order valence-corrected chi connectivity index (χ2v) is 7.05. The van der Waals surface area contributed by atoms with Crippen molar-refractivity contribution in [1.29, 1.82) is 0 Å². The van der Waals surface area contributed by atoms with E-state index in [9.17, 15) is 9.18 Å². The molecule has 3 heterocycles. The molecule has 1 aromatic carbocycles. The van der Waals surface area contributed by atoms with Crippen LogP contribution in [0, 0.1) is 5.82 Å². The van der Waals surface area contributed by atoms with Gasteiger partial charge in [0, 0.05) is 50.7 Å². The highest BCUT2D eigenvalue weighted by atomic mass is 19.1. The summed E-state index contributed by atoms with van der Waals surface area (Å²) in [4.78, 5) is 24.7. The van der Waals surface area contributed by atoms with Gasteiger partial charge >= 0.3 is 11.8 Å². The number of rotatable bonds is 7. The molecule has 0 unspecified atom stereocenters. The Labute approximate surface area is 173 Å². The fourth-order valence-electron chi connectivity index (χ4n) is 3.43. The molecule has 30 heavy (non-hydrogen) atoms. The predicted molar refractivity (Wildman–Crippen MR) is 110 cm³/mol. The van der Waals surface area contributed by atoms with Crippen LogP contribution in [0.1, 0.15) is 17.1 Å². The number of aromatic nitrogens is 3. The minimum atomic E-state index is -0.387. The minimum absolute atomic E-state index is 0.0626. The fraction of sp³-hybridized carbons (Fsp3) is 0.333. The molecule has 0 atom stereocenters. The van der Waals surface area contributed by atoms with E-state index >= 15 is 0 Å². The van der Waals surface area contributed by atoms with Crippen LogP contribution in [-0.4, -0.2) is 65.2 Å². The zero-order chi connectivity index (χ0) is 20.8. The molecule has 0 saturated carbocycles. The van der Waals surface area contributed by atoms with Crippen LogP contribution in [0.4, 0.5) is 10.1 Å². The molecule has 1 N–H and O–H groups in total. The number of hydrogen-bond donors (Lipinski definition) is 1. The Hall–Kier alpha value is -3.33. The number of halogens is 1. The molecule has 1 aliphatic heterocycles. The first kappa shape index (κ1) is 20.0. The smallest absolute Gasteiger partial charge is 0.316 e. The lowest BCUT2D eigenvalue weighted by Crippen LogP contribution is -2.47. The van der Waals surface area contributed by atoms with Gasteiger partial charge in [-0.2, -0.15) is 4.98 Å². The summed E-state index contributed by atoms with van der Waals surface area (Å²) in [6.45, 7) is 4.66. The van der Waals surface area contributed by atoms with E-state index in [1.165, 1.54) is 6.07 Å². The second kappa shape index (κ2) is 9.45. The molecule has 3 aromatic rings. The lowest BCUT2D eigenvalue weighted by Gasteiger charge is -2.36. The molecule has 0 radical (unpaired) electrons. The number of para-hydroxylation sites is 1. The lowest BCUT2D eigenvalue weighted by molar-refractivity contribution is 0.0907. The standard InChI is InChI=1S/C21H23FN6O2/c22-17-6-1-2-7-18(17)28-13-11-27(12-14-28)10-4-9-24-20(29)21-25-19(26-30-21)16-5-3-8-23-15-16/h1-3,5-8,15H,4,9-14H2,(H,24,29). The maximum atomic E-state index is 13.9. The minimum Gasteiger partial charge on any atom is -0.367 e. The van der Waals surface area contributed by atoms with Crippen molar-refractivity contribution < 1.29 is 13.7 Å². The first-order valence-corrected chi connectivity index (χ1v) is 9.95. The molecule has 1 saturated heterocycles. The molecule has 0 aliphatic carbocycles. The Morgan fingerprint density at radius 3 is 2.73 bits per heavy atom. The van der Waals surface area contributed by atoms with E-state index in [2.05, 4.69) is 30.2 Å². The first-order chi connectivity index (χ1) is 14.7. The summed E-state index contributed by atoms with van der Waals surface area (Å²) < 4.78 is 19.0. The Bertz CT molecular complexity index is 972. The number of pyridine rings is 1. The SMILES string of the molecule is O=C(NCCCN1CCN(c2ccccc2F)CC1)c1nc(-c2cccnc2)no1. The number of hydrogen-bond acceptors (Lipinski definition) is 7. The number of carbonyl (C=O) groups excluding carboxylic acids is 1. The van der Waals surface area contributed by atoms with Crippen molar-refractivity contribution in [3.63, 3.8) is 0 Å². The van der Waals surface area contributed by atoms with E-state index in [4.69, 9.17) is 4.52 Å². The van der Waals surface area contributed by atoms with Crippen molar-refractivity contribution >= 4 is 11.6 Å². The van der Waals surface area contributed by atoms with Crippen LogP contribution in [0.25, 0.3) is 11.4 Å². The highest BCUT2D eigenvalue weighted by molar-refractivity contribution is 5.89. The summed E-state index contributed by atoms with van der Waals surface area (Å²) in [7, 11) is 0. The number of nitrogens with zero attached hydrogens (tertiary/aromatic N) is 5. The van der Waals surface area contributed by atoms with Crippen LogP contribution in [0.2, 0.25) is 0 Å². The number of nitrogens with one attached hydrogen (secondary N) is 1. The quantitative estimate of drug-likeness (QED) is 0.598. The Morgan fingerprint density at radius 1 is 1.13 bits per heavy atom. The van der Waals surface area contributed by atoms with Crippen molar-refractivity contribution in [2.24, 2.45) is 0 Å². The maximum absolute atomic E-state index is 13.9. The van der Waals surface area contributed by atoms with Gasteiger partial charge in [-0.3, -0.25) is 14.7 Å². The van der Waals surface area contributed by atoms with Gasteiger partial charge in [0.1, 0.15) is 5.82 Å². The molecular formula is C21H23FN6O2. The largest absolute Gasteiger partial charge is 0.367 e. The number of carbonyl (C=O) groups is 1. The van der Waals surface area contributed by atoms with Gasteiger partial charge in [-0.15, -0.1) is 0 Å². The van der Waals surface area contributed by atoms with Gasteiger partial charge in [0.15, 0.2) is 0 Å². The summed E-state index contributed by atoms with van der Waals surface area (Å²) in [5.74, 6) is -0.295. The van der Waals surface area contributed by atoms with E-state index in [-0.39, 0.29) is 17.6 Å². The fourth-order valence-corrected chi connectivity index (χ4v) is 3.43. The summed E-state index contributed by atoms with van der Waals surface area (Å²) in [6.07, 6.45) is 4.06. The molecule has 0 spiro atoms. The van der Waals surface area contributed by atoms with E-state index < -0.39 is 0 Å². The van der Waals surface area contributed by atoms with Gasteiger partial charge in [-0.05, 0) is 37.2 Å². The van der Waals surface area contributed by atoms with Gasteiger partial charge in [0.2, 0.25) is 5.82 Å². The zero-order valence-electron chi connectivity index (χ0n) is 16.5. The van der Waals surface area contributed by atoms with Gasteiger partial charge in [-0.1, -0.05) is 17.3 Å². The van der Waals surface area contributed by atoms with Crippen molar-refractivity contribution in [3.05, 3.63) is 60.5 Å². The first-order valence-electron chi connectivity index (χ1n) is 9.95. The van der Waals surface area contributed by atoms with Crippen molar-refractivity contribution in [2.75, 3.05) is 44.2 Å². The Kier molecular flexibility index (Phi) is 6.29. The van der Waals surface area contributed by atoms with Gasteiger partial charge in [0.25, 0.3) is 0 Å². The Morgan fingerprint density at radius 2 is 1.97 bits per heavy atom. The summed E-state index contributed by atoms with van der Waals surface area (Å²) in [6, 6.07) is 10.4. The van der Waals surface area contributed by atoms with Crippen LogP contribution in [0.5, 0.6) is 0 Å². The molecule has 1 aliphatic rings. The normalized spacial score (nSPS) is 14.6. The van der Waals surface area contributed by atoms with Gasteiger partial charge in [-0.25, -0.2) is 4.39 Å². The third-order valence-electron chi connectivity index (χ3n) is 5.04. The van der Waals surface area contributed by atoms with Crippen molar-refractivity contribution in [1.82, 2.24) is 25.3 Å².